The average Bonchev–Trinajstić information content (AvgIpc) is 1.41. The molecule has 0 saturated carbocycles. The molecule has 0 saturated heterocycles. The maximum absolute atomic E-state index is 6.00. The van der Waals surface area contributed by atoms with Crippen LogP contribution in [0.15, 0.2) is 0 Å². The molecular formula is H2Cl3O2Ru. The van der Waals surface area contributed by atoms with Crippen molar-refractivity contribution in [2.24, 2.45) is 0 Å². The molecule has 0 rings (SSSR count). The van der Waals surface area contributed by atoms with E-state index in [0.29, 0.717) is 0 Å². The van der Waals surface area contributed by atoms with E-state index in [9.17, 15) is 0 Å². The summed E-state index contributed by atoms with van der Waals surface area (Å²) in [5, 5.41) is 12.0. The monoisotopic (exact) mass is 241 g/mol. The van der Waals surface area contributed by atoms with Crippen molar-refractivity contribution in [3.8, 4) is 0 Å². The minimum absolute atomic E-state index is 1.75. The van der Waals surface area contributed by atoms with E-state index < -0.39 is 13.0 Å². The van der Waals surface area contributed by atoms with Gasteiger partial charge in [-0.2, -0.15) is 0 Å². The van der Waals surface area contributed by atoms with Gasteiger partial charge in [-0.05, 0) is 0 Å². The topological polar surface area (TPSA) is 40.5 Å². The summed E-state index contributed by atoms with van der Waals surface area (Å²) < 4.78 is 0. The predicted molar refractivity (Wildman–Crippen MR) is 22.8 cm³/mol. The van der Waals surface area contributed by atoms with Gasteiger partial charge in [-0.15, -0.1) is 0 Å². The molecule has 2 nitrogen and oxygen atoms in total. The predicted octanol–water partition coefficient (Wildman–Crippen LogP) is 2.08. The van der Waals surface area contributed by atoms with Crippen molar-refractivity contribution < 1.29 is 23.5 Å². The molecule has 2 N–H and O–H groups in total. The van der Waals surface area contributed by atoms with Crippen LogP contribution in [0, 0.1) is 0 Å². The van der Waals surface area contributed by atoms with Crippen LogP contribution in [0.5, 0.6) is 0 Å². The van der Waals surface area contributed by atoms with Gasteiger partial charge in [0.15, 0.2) is 0 Å². The molecule has 6 heteroatoms. The van der Waals surface area contributed by atoms with E-state index in [2.05, 4.69) is 0 Å². The summed E-state index contributed by atoms with van der Waals surface area (Å²) >= 11 is -1.75. The normalized spacial score (nSPS) is 8.50. The van der Waals surface area contributed by atoms with Gasteiger partial charge in [-0.1, -0.05) is 0 Å². The van der Waals surface area contributed by atoms with Gasteiger partial charge >= 0.3 is 42.1 Å². The Kier molecular flexibility index (Phi) is 16.7. The summed E-state index contributed by atoms with van der Waals surface area (Å²) in [7, 11) is 14.8. The van der Waals surface area contributed by atoms with Crippen LogP contribution >= 0.6 is 29.1 Å². The van der Waals surface area contributed by atoms with Gasteiger partial charge in [-0.25, -0.2) is 0 Å². The third-order valence-electron chi connectivity index (χ3n) is 0. The number of rotatable bonds is 0. The molecule has 0 aliphatic rings. The van der Waals surface area contributed by atoms with Gasteiger partial charge in [0, 0.05) is 0 Å². The molecule has 0 spiro atoms. The van der Waals surface area contributed by atoms with E-state index in [1.165, 1.54) is 0 Å². The van der Waals surface area contributed by atoms with E-state index in [1.54, 1.807) is 0 Å². The van der Waals surface area contributed by atoms with Crippen molar-refractivity contribution in [2.75, 3.05) is 0 Å². The molecule has 0 unspecified atom stereocenters. The molecule has 0 aliphatic heterocycles. The molecule has 0 radical (unpaired) electrons. The Morgan fingerprint density at radius 1 is 1.00 bits per heavy atom. The Labute approximate surface area is 52.6 Å². The van der Waals surface area contributed by atoms with Gasteiger partial charge in [0.2, 0.25) is 0 Å². The summed E-state index contributed by atoms with van der Waals surface area (Å²) in [6.07, 6.45) is 0. The summed E-state index contributed by atoms with van der Waals surface area (Å²) in [4.78, 5) is 0. The van der Waals surface area contributed by atoms with Gasteiger partial charge < -0.3 is 0 Å². The van der Waals surface area contributed by atoms with Crippen molar-refractivity contribution in [1.29, 1.82) is 0 Å². The zero-order valence-corrected chi connectivity index (χ0v) is 6.39. The fraction of sp³-hybridized carbons (Fsp3) is 0. The second kappa shape index (κ2) is 9.65. The molecule has 0 amide bonds. The van der Waals surface area contributed by atoms with E-state index >= 15 is 0 Å². The van der Waals surface area contributed by atoms with Crippen LogP contribution in [0.4, 0.5) is 0 Å². The van der Waals surface area contributed by atoms with Crippen LogP contribution in [0.2, 0.25) is 0 Å². The first-order chi connectivity index (χ1) is 2.73. The standard InChI is InChI=1S/3ClH.H2O2.Ru/c;;;1-2;/h3*1H;1-2H;/q;;;;+3/p-3. The quantitative estimate of drug-likeness (QED) is 0.387. The fourth-order valence-electron chi connectivity index (χ4n) is 0. The second-order valence-electron chi connectivity index (χ2n) is 0.152. The first-order valence-electron chi connectivity index (χ1n) is 0.601. The summed E-state index contributed by atoms with van der Waals surface area (Å²) in [5.74, 6) is 0. The molecule has 0 atom stereocenters. The summed E-state index contributed by atoms with van der Waals surface area (Å²) in [6.45, 7) is 0. The van der Waals surface area contributed by atoms with Crippen LogP contribution < -0.4 is 0 Å². The molecule has 0 aromatic carbocycles. The third kappa shape index (κ3) is 52.8. The fourth-order valence-corrected chi connectivity index (χ4v) is 0. The first kappa shape index (κ1) is 10.4. The molecule has 0 bridgehead atoms. The molecular weight excluding hydrogens is 239 g/mol. The molecule has 6 heavy (non-hydrogen) atoms. The third-order valence-corrected chi connectivity index (χ3v) is 0. The zero-order valence-electron chi connectivity index (χ0n) is 2.38. The Morgan fingerprint density at radius 3 is 1.00 bits per heavy atom. The molecule has 0 fully saturated rings. The SMILES string of the molecule is OO.[Cl][Ru]([Cl])[Cl]. The van der Waals surface area contributed by atoms with Gasteiger partial charge in [0.05, 0.1) is 0 Å². The first-order valence-corrected chi connectivity index (χ1v) is 7.32. The van der Waals surface area contributed by atoms with E-state index in [1.807, 2.05) is 0 Å². The molecule has 0 aromatic rings. The van der Waals surface area contributed by atoms with Gasteiger partial charge in [0.25, 0.3) is 0 Å². The molecule has 0 heterocycles. The number of hydrogen-bond acceptors (Lipinski definition) is 2. The van der Waals surface area contributed by atoms with E-state index in [0.717, 1.165) is 0 Å². The minimum atomic E-state index is -1.75. The average molecular weight is 241 g/mol. The summed E-state index contributed by atoms with van der Waals surface area (Å²) in [5.41, 5.74) is 0. The van der Waals surface area contributed by atoms with Crippen LogP contribution in [0.3, 0.4) is 0 Å². The Morgan fingerprint density at radius 2 is 1.00 bits per heavy atom. The van der Waals surface area contributed by atoms with Crippen molar-refractivity contribution >= 4 is 29.1 Å². The summed E-state index contributed by atoms with van der Waals surface area (Å²) in [6, 6.07) is 0. The molecule has 0 aliphatic carbocycles. The van der Waals surface area contributed by atoms with Crippen molar-refractivity contribution in [2.45, 2.75) is 0 Å². The molecule has 43 valence electrons. The van der Waals surface area contributed by atoms with Gasteiger partial charge in [-0.3, -0.25) is 10.5 Å². The Hall–Kier alpha value is 1.41. The van der Waals surface area contributed by atoms with Crippen molar-refractivity contribution in [1.82, 2.24) is 0 Å². The number of halogens is 3. The second-order valence-corrected chi connectivity index (χ2v) is 8.07. The zero-order chi connectivity index (χ0) is 5.58. The van der Waals surface area contributed by atoms with Crippen LogP contribution in [0.25, 0.3) is 0 Å². The maximum atomic E-state index is 6.00. The van der Waals surface area contributed by atoms with E-state index in [4.69, 9.17) is 39.6 Å². The van der Waals surface area contributed by atoms with Crippen LogP contribution in [-0.4, -0.2) is 10.5 Å². The van der Waals surface area contributed by atoms with Crippen molar-refractivity contribution in [3.05, 3.63) is 0 Å². The van der Waals surface area contributed by atoms with Crippen LogP contribution in [-0.2, 0) is 13.0 Å². The van der Waals surface area contributed by atoms with Crippen LogP contribution in [0.1, 0.15) is 0 Å². The van der Waals surface area contributed by atoms with Gasteiger partial charge in [0.1, 0.15) is 0 Å². The van der Waals surface area contributed by atoms with Crippen molar-refractivity contribution in [3.63, 3.8) is 0 Å². The Balaban J connectivity index is 0. The molecule has 0 aromatic heterocycles. The number of hydrogen-bond donors (Lipinski definition) is 2. The Bertz CT molecular complexity index is 13.5. The van der Waals surface area contributed by atoms with E-state index in [-0.39, 0.29) is 0 Å².